The number of carbonyl (C=O) groups is 2. The highest BCUT2D eigenvalue weighted by atomic mass is 16.6. The SMILES string of the molecule is O=C1C2=C(C(=O)c3ccccc31)n1c(=O)c3ccccc3c(=O)n1C2c1cccc([N+](=O)[O-])c1. The number of Topliss-reactive ketones (excluding diaryl/α,β-unsaturated/α-hetero) is 2. The lowest BCUT2D eigenvalue weighted by Crippen LogP contribution is -2.38. The van der Waals surface area contributed by atoms with Gasteiger partial charge in [-0.3, -0.25) is 29.3 Å². The number of aromatic nitrogens is 2. The molecule has 1 aromatic heterocycles. The molecule has 9 nitrogen and oxygen atoms in total. The van der Waals surface area contributed by atoms with Crippen molar-refractivity contribution >= 4 is 33.7 Å². The van der Waals surface area contributed by atoms with Crippen molar-refractivity contribution in [2.45, 2.75) is 6.04 Å². The summed E-state index contributed by atoms with van der Waals surface area (Å²) in [4.78, 5) is 65.2. The maximum Gasteiger partial charge on any atom is 0.278 e. The van der Waals surface area contributed by atoms with Gasteiger partial charge in [-0.25, -0.2) is 9.36 Å². The summed E-state index contributed by atoms with van der Waals surface area (Å²) in [5.41, 5.74) is -1.20. The van der Waals surface area contributed by atoms with Gasteiger partial charge in [0.25, 0.3) is 16.8 Å². The molecule has 9 heteroatoms. The van der Waals surface area contributed by atoms with Crippen molar-refractivity contribution in [1.29, 1.82) is 0 Å². The molecule has 0 fully saturated rings. The summed E-state index contributed by atoms with van der Waals surface area (Å²) in [6.07, 6.45) is 0. The number of nitrogens with zero attached hydrogens (tertiary/aromatic N) is 3. The third kappa shape index (κ3) is 2.43. The third-order valence-corrected chi connectivity index (χ3v) is 6.26. The van der Waals surface area contributed by atoms with Crippen LogP contribution in [0.15, 0.2) is 88.0 Å². The van der Waals surface area contributed by atoms with E-state index in [0.717, 1.165) is 9.36 Å². The van der Waals surface area contributed by atoms with Gasteiger partial charge in [0.1, 0.15) is 11.7 Å². The Kier molecular flexibility index (Phi) is 3.94. The van der Waals surface area contributed by atoms with Gasteiger partial charge < -0.3 is 0 Å². The van der Waals surface area contributed by atoms with Crippen LogP contribution in [0.25, 0.3) is 16.5 Å². The van der Waals surface area contributed by atoms with Gasteiger partial charge in [-0.15, -0.1) is 0 Å². The van der Waals surface area contributed by atoms with Gasteiger partial charge >= 0.3 is 0 Å². The molecule has 2 heterocycles. The van der Waals surface area contributed by atoms with Crippen molar-refractivity contribution in [3.05, 3.63) is 126 Å². The Labute approximate surface area is 189 Å². The van der Waals surface area contributed by atoms with Gasteiger partial charge in [0, 0.05) is 23.3 Å². The molecule has 1 aliphatic heterocycles. The fourth-order valence-electron chi connectivity index (χ4n) is 4.81. The number of nitro groups is 1. The Bertz CT molecular complexity index is 1780. The van der Waals surface area contributed by atoms with E-state index < -0.39 is 33.7 Å². The predicted octanol–water partition coefficient (Wildman–Crippen LogP) is 2.96. The maximum absolute atomic E-state index is 13.7. The molecule has 0 saturated carbocycles. The molecule has 34 heavy (non-hydrogen) atoms. The second-order valence-electron chi connectivity index (χ2n) is 8.03. The molecular weight excluding hydrogens is 438 g/mol. The number of ketones is 2. The van der Waals surface area contributed by atoms with Crippen LogP contribution >= 0.6 is 0 Å². The third-order valence-electron chi connectivity index (χ3n) is 6.26. The zero-order chi connectivity index (χ0) is 23.7. The molecule has 6 rings (SSSR count). The van der Waals surface area contributed by atoms with E-state index >= 15 is 0 Å². The van der Waals surface area contributed by atoms with Crippen LogP contribution in [0.1, 0.15) is 32.3 Å². The quantitative estimate of drug-likeness (QED) is 0.341. The van der Waals surface area contributed by atoms with Gasteiger partial charge in [-0.2, -0.15) is 0 Å². The van der Waals surface area contributed by atoms with Crippen molar-refractivity contribution in [1.82, 2.24) is 9.36 Å². The topological polar surface area (TPSA) is 121 Å². The molecule has 1 aliphatic carbocycles. The van der Waals surface area contributed by atoms with Crippen molar-refractivity contribution in [2.75, 3.05) is 0 Å². The Morgan fingerprint density at radius 3 is 2.03 bits per heavy atom. The van der Waals surface area contributed by atoms with Crippen molar-refractivity contribution in [2.24, 2.45) is 0 Å². The Morgan fingerprint density at radius 1 is 0.735 bits per heavy atom. The Balaban J connectivity index is 1.78. The second kappa shape index (κ2) is 6.79. The van der Waals surface area contributed by atoms with Crippen LogP contribution in [0.2, 0.25) is 0 Å². The molecule has 164 valence electrons. The van der Waals surface area contributed by atoms with Crippen LogP contribution < -0.4 is 11.1 Å². The lowest BCUT2D eigenvalue weighted by Gasteiger charge is -2.19. The molecule has 1 atom stereocenters. The number of carbonyl (C=O) groups excluding carboxylic acids is 2. The van der Waals surface area contributed by atoms with E-state index in [1.165, 1.54) is 48.5 Å². The van der Waals surface area contributed by atoms with Crippen LogP contribution in [-0.4, -0.2) is 25.9 Å². The molecule has 4 aromatic rings. The summed E-state index contributed by atoms with van der Waals surface area (Å²) >= 11 is 0. The molecule has 0 N–H and O–H groups in total. The number of hydrogen-bond acceptors (Lipinski definition) is 6. The molecule has 0 amide bonds. The van der Waals surface area contributed by atoms with Gasteiger partial charge in [-0.05, 0) is 17.7 Å². The van der Waals surface area contributed by atoms with Crippen LogP contribution in [0.5, 0.6) is 0 Å². The summed E-state index contributed by atoms with van der Waals surface area (Å²) < 4.78 is 2.02. The first-order chi connectivity index (χ1) is 16.4. The molecule has 0 radical (unpaired) electrons. The van der Waals surface area contributed by atoms with Gasteiger partial charge in [-0.1, -0.05) is 48.5 Å². The van der Waals surface area contributed by atoms with E-state index in [2.05, 4.69) is 0 Å². The number of benzene rings is 3. The maximum atomic E-state index is 13.7. The fourth-order valence-corrected chi connectivity index (χ4v) is 4.81. The molecule has 1 unspecified atom stereocenters. The van der Waals surface area contributed by atoms with Gasteiger partial charge in [0.05, 0.1) is 21.3 Å². The fraction of sp³-hybridized carbons (Fsp3) is 0.0400. The molecule has 2 aliphatic rings. The zero-order valence-corrected chi connectivity index (χ0v) is 17.3. The molecule has 3 aromatic carbocycles. The summed E-state index contributed by atoms with van der Waals surface area (Å²) in [6.45, 7) is 0. The summed E-state index contributed by atoms with van der Waals surface area (Å²) in [6, 6.07) is 16.7. The van der Waals surface area contributed by atoms with Gasteiger partial charge in [0.2, 0.25) is 5.78 Å². The highest BCUT2D eigenvalue weighted by Gasteiger charge is 2.45. The summed E-state index contributed by atoms with van der Waals surface area (Å²) in [5.74, 6) is -1.08. The average molecular weight is 451 g/mol. The first-order valence-corrected chi connectivity index (χ1v) is 10.3. The van der Waals surface area contributed by atoms with Crippen molar-refractivity contribution in [3.8, 4) is 0 Å². The lowest BCUT2D eigenvalue weighted by atomic mass is 9.83. The largest absolute Gasteiger partial charge is 0.289 e. The summed E-state index contributed by atoms with van der Waals surface area (Å²) in [5, 5.41) is 11.6. The van der Waals surface area contributed by atoms with Gasteiger partial charge in [0.15, 0.2) is 5.78 Å². The minimum absolute atomic E-state index is 0.0568. The number of non-ortho nitro benzene ring substituents is 1. The highest BCUT2D eigenvalue weighted by Crippen LogP contribution is 2.42. The number of nitro benzene ring substituents is 1. The highest BCUT2D eigenvalue weighted by molar-refractivity contribution is 6.38. The average Bonchev–Trinajstić information content (AvgIpc) is 3.23. The normalized spacial score (nSPS) is 16.4. The van der Waals surface area contributed by atoms with Crippen molar-refractivity contribution in [3.63, 3.8) is 0 Å². The smallest absolute Gasteiger partial charge is 0.278 e. The Hall–Kier alpha value is -4.92. The van der Waals surface area contributed by atoms with Crippen LogP contribution in [0.4, 0.5) is 5.69 Å². The number of fused-ring (bicyclic) bond motifs is 4. The first kappa shape index (κ1) is 19.7. The van der Waals surface area contributed by atoms with E-state index in [9.17, 15) is 29.3 Å². The van der Waals surface area contributed by atoms with Crippen LogP contribution in [0.3, 0.4) is 0 Å². The van der Waals surface area contributed by atoms with E-state index in [1.807, 2.05) is 0 Å². The van der Waals surface area contributed by atoms with Crippen LogP contribution in [0, 0.1) is 10.1 Å². The van der Waals surface area contributed by atoms with E-state index in [1.54, 1.807) is 24.3 Å². The minimum Gasteiger partial charge on any atom is -0.289 e. The zero-order valence-electron chi connectivity index (χ0n) is 17.3. The minimum atomic E-state index is -1.19. The first-order valence-electron chi connectivity index (χ1n) is 10.3. The van der Waals surface area contributed by atoms with Crippen LogP contribution in [-0.2, 0) is 0 Å². The molecule has 0 spiro atoms. The van der Waals surface area contributed by atoms with E-state index in [-0.39, 0.29) is 44.4 Å². The standard InChI is InChI=1S/C25H13N3O6/c29-22-15-8-1-2-9-16(15)23(30)21-19(22)20(13-6-5-7-14(12-13)28(33)34)26-24(31)17-10-3-4-11-18(17)25(32)27(21)26/h1-12,20H. The Morgan fingerprint density at radius 2 is 1.35 bits per heavy atom. The number of allylic oxidation sites excluding steroid dienone is 2. The second-order valence-corrected chi connectivity index (χ2v) is 8.03. The predicted molar refractivity (Wildman–Crippen MR) is 122 cm³/mol. The molecule has 0 saturated heterocycles. The lowest BCUT2D eigenvalue weighted by molar-refractivity contribution is -0.384. The van der Waals surface area contributed by atoms with E-state index in [0.29, 0.717) is 0 Å². The molecule has 0 bridgehead atoms. The number of rotatable bonds is 2. The number of hydrogen-bond donors (Lipinski definition) is 0. The monoisotopic (exact) mass is 451 g/mol. The van der Waals surface area contributed by atoms with E-state index in [4.69, 9.17) is 0 Å². The molecular formula is C25H13N3O6. The van der Waals surface area contributed by atoms with Crippen molar-refractivity contribution < 1.29 is 14.5 Å². The summed E-state index contributed by atoms with van der Waals surface area (Å²) in [7, 11) is 0.